The summed E-state index contributed by atoms with van der Waals surface area (Å²) in [7, 11) is 1.54. The quantitative estimate of drug-likeness (QED) is 0.642. The van der Waals surface area contributed by atoms with Gasteiger partial charge in [0.1, 0.15) is 6.17 Å². The lowest BCUT2D eigenvalue weighted by Gasteiger charge is -2.33. The molecule has 0 amide bonds. The van der Waals surface area contributed by atoms with Crippen molar-refractivity contribution in [2.24, 2.45) is 5.73 Å². The van der Waals surface area contributed by atoms with Gasteiger partial charge in [0.15, 0.2) is 0 Å². The first-order valence-electron chi connectivity index (χ1n) is 4.92. The molecule has 3 atom stereocenters. The first kappa shape index (κ1) is 11.8. The summed E-state index contributed by atoms with van der Waals surface area (Å²) in [6.07, 6.45) is -0.860. The van der Waals surface area contributed by atoms with Crippen molar-refractivity contribution in [1.82, 2.24) is 4.90 Å². The Morgan fingerprint density at radius 3 is 3.00 bits per heavy atom. The molecule has 1 fully saturated rings. The summed E-state index contributed by atoms with van der Waals surface area (Å²) in [6.45, 7) is 1.82. The van der Waals surface area contributed by atoms with Crippen LogP contribution in [-0.2, 0) is 4.74 Å². The standard InChI is InChI=1S/C9H19FN2O2/c1-14-6-7(13)4-12-3-2-9(11)8(10)5-12/h7-9,13H,2-6,11H2,1H3/t7?,8-,9+/m1/s1. The van der Waals surface area contributed by atoms with Crippen LogP contribution in [0.4, 0.5) is 4.39 Å². The molecule has 1 heterocycles. The molecule has 5 heteroatoms. The number of aliphatic hydroxyl groups excluding tert-OH is 1. The van der Waals surface area contributed by atoms with Crippen LogP contribution in [0, 0.1) is 0 Å². The Hall–Kier alpha value is -0.230. The van der Waals surface area contributed by atoms with Crippen LogP contribution in [0.1, 0.15) is 6.42 Å². The van der Waals surface area contributed by atoms with E-state index >= 15 is 0 Å². The number of likely N-dealkylation sites (tertiary alicyclic amines) is 1. The molecule has 0 saturated carbocycles. The number of hydrogen-bond acceptors (Lipinski definition) is 4. The third-order valence-electron chi connectivity index (χ3n) is 2.50. The minimum Gasteiger partial charge on any atom is -0.389 e. The Morgan fingerprint density at radius 2 is 2.43 bits per heavy atom. The first-order chi connectivity index (χ1) is 6.63. The lowest BCUT2D eigenvalue weighted by atomic mass is 10.0. The number of hydrogen-bond donors (Lipinski definition) is 2. The molecular weight excluding hydrogens is 187 g/mol. The van der Waals surface area contributed by atoms with Crippen LogP contribution >= 0.6 is 0 Å². The average Bonchev–Trinajstić information content (AvgIpc) is 2.12. The molecule has 1 aliphatic rings. The summed E-state index contributed by atoms with van der Waals surface area (Å²) >= 11 is 0. The van der Waals surface area contributed by atoms with E-state index in [-0.39, 0.29) is 6.04 Å². The van der Waals surface area contributed by atoms with Gasteiger partial charge in [0.25, 0.3) is 0 Å². The number of piperidine rings is 1. The van der Waals surface area contributed by atoms with Crippen molar-refractivity contribution < 1.29 is 14.2 Å². The van der Waals surface area contributed by atoms with Gasteiger partial charge in [0.05, 0.1) is 12.7 Å². The van der Waals surface area contributed by atoms with Gasteiger partial charge >= 0.3 is 0 Å². The number of nitrogens with zero attached hydrogens (tertiary/aromatic N) is 1. The molecule has 0 radical (unpaired) electrons. The summed E-state index contributed by atoms with van der Waals surface area (Å²) in [4.78, 5) is 1.89. The normalized spacial score (nSPS) is 31.7. The van der Waals surface area contributed by atoms with Crippen LogP contribution in [0.3, 0.4) is 0 Å². The van der Waals surface area contributed by atoms with Crippen molar-refractivity contribution in [3.05, 3.63) is 0 Å². The van der Waals surface area contributed by atoms with Crippen LogP contribution in [-0.4, -0.2) is 61.7 Å². The van der Waals surface area contributed by atoms with E-state index in [0.29, 0.717) is 26.1 Å². The molecule has 1 unspecified atom stereocenters. The van der Waals surface area contributed by atoms with Gasteiger partial charge in [-0.15, -0.1) is 0 Å². The van der Waals surface area contributed by atoms with Crippen molar-refractivity contribution in [1.29, 1.82) is 0 Å². The van der Waals surface area contributed by atoms with Crippen LogP contribution < -0.4 is 5.73 Å². The average molecular weight is 206 g/mol. The maximum absolute atomic E-state index is 13.2. The number of methoxy groups -OCH3 is 1. The molecule has 0 aromatic heterocycles. The lowest BCUT2D eigenvalue weighted by molar-refractivity contribution is 0.0202. The highest BCUT2D eigenvalue weighted by atomic mass is 19.1. The van der Waals surface area contributed by atoms with Gasteiger partial charge in [-0.05, 0) is 13.0 Å². The van der Waals surface area contributed by atoms with E-state index in [9.17, 15) is 9.50 Å². The van der Waals surface area contributed by atoms with E-state index in [1.807, 2.05) is 4.90 Å². The van der Waals surface area contributed by atoms with Crippen LogP contribution in [0.15, 0.2) is 0 Å². The topological polar surface area (TPSA) is 58.7 Å². The third kappa shape index (κ3) is 3.49. The summed E-state index contributed by atoms with van der Waals surface area (Å²) < 4.78 is 18.0. The van der Waals surface area contributed by atoms with Gasteiger partial charge in [-0.25, -0.2) is 4.39 Å². The highest BCUT2D eigenvalue weighted by Crippen LogP contribution is 2.12. The minimum absolute atomic E-state index is 0.291. The molecular formula is C9H19FN2O2. The smallest absolute Gasteiger partial charge is 0.128 e. The van der Waals surface area contributed by atoms with Gasteiger partial charge in [-0.1, -0.05) is 0 Å². The highest BCUT2D eigenvalue weighted by Gasteiger charge is 2.27. The van der Waals surface area contributed by atoms with Crippen molar-refractivity contribution in [2.75, 3.05) is 33.4 Å². The molecule has 84 valence electrons. The van der Waals surface area contributed by atoms with Crippen molar-refractivity contribution >= 4 is 0 Å². The summed E-state index contributed by atoms with van der Waals surface area (Å²) in [6, 6.07) is -0.342. The number of nitrogens with two attached hydrogens (primary N) is 1. The zero-order valence-electron chi connectivity index (χ0n) is 8.53. The molecule has 14 heavy (non-hydrogen) atoms. The third-order valence-corrected chi connectivity index (χ3v) is 2.50. The Labute approximate surface area is 83.8 Å². The molecule has 1 rings (SSSR count). The van der Waals surface area contributed by atoms with Crippen molar-refractivity contribution in [3.63, 3.8) is 0 Å². The van der Waals surface area contributed by atoms with Gasteiger partial charge in [-0.3, -0.25) is 4.90 Å². The Bertz CT molecular complexity index is 171. The summed E-state index contributed by atoms with van der Waals surface area (Å²) in [5.41, 5.74) is 5.54. The maximum atomic E-state index is 13.2. The number of rotatable bonds is 4. The van der Waals surface area contributed by atoms with Crippen molar-refractivity contribution in [2.45, 2.75) is 24.7 Å². The molecule has 0 aliphatic carbocycles. The van der Waals surface area contributed by atoms with E-state index in [1.54, 1.807) is 0 Å². The van der Waals surface area contributed by atoms with E-state index in [1.165, 1.54) is 7.11 Å². The fourth-order valence-electron chi connectivity index (χ4n) is 1.69. The number of halogens is 1. The Morgan fingerprint density at radius 1 is 1.71 bits per heavy atom. The van der Waals surface area contributed by atoms with E-state index in [4.69, 9.17) is 10.5 Å². The Balaban J connectivity index is 2.25. The first-order valence-corrected chi connectivity index (χ1v) is 4.92. The van der Waals surface area contributed by atoms with E-state index in [0.717, 1.165) is 6.54 Å². The predicted molar refractivity (Wildman–Crippen MR) is 51.8 cm³/mol. The summed E-state index contributed by atoms with van der Waals surface area (Å²) in [5.74, 6) is 0. The highest BCUT2D eigenvalue weighted by molar-refractivity contribution is 4.83. The van der Waals surface area contributed by atoms with E-state index in [2.05, 4.69) is 0 Å². The van der Waals surface area contributed by atoms with Crippen LogP contribution in [0.5, 0.6) is 0 Å². The minimum atomic E-state index is -0.974. The van der Waals surface area contributed by atoms with Gasteiger partial charge in [0.2, 0.25) is 0 Å². The molecule has 4 nitrogen and oxygen atoms in total. The second-order valence-electron chi connectivity index (χ2n) is 3.84. The van der Waals surface area contributed by atoms with Gasteiger partial charge in [0, 0.05) is 26.2 Å². The fourth-order valence-corrected chi connectivity index (χ4v) is 1.69. The molecule has 1 aliphatic heterocycles. The van der Waals surface area contributed by atoms with Crippen LogP contribution in [0.25, 0.3) is 0 Å². The monoisotopic (exact) mass is 206 g/mol. The second kappa shape index (κ2) is 5.60. The second-order valence-corrected chi connectivity index (χ2v) is 3.84. The number of aliphatic hydroxyl groups is 1. The van der Waals surface area contributed by atoms with E-state index < -0.39 is 12.3 Å². The van der Waals surface area contributed by atoms with Gasteiger partial charge in [-0.2, -0.15) is 0 Å². The molecule has 1 saturated heterocycles. The summed E-state index contributed by atoms with van der Waals surface area (Å²) in [5, 5.41) is 9.43. The fraction of sp³-hybridized carbons (Fsp3) is 1.00. The molecule has 0 spiro atoms. The number of β-amino-alcohol motifs (C(OH)–C–C–N with tert-alkyl or cyclic N) is 1. The molecule has 0 bridgehead atoms. The SMILES string of the molecule is COCC(O)CN1CC[C@H](N)[C@H](F)C1. The molecule has 0 aromatic rings. The largest absolute Gasteiger partial charge is 0.389 e. The van der Waals surface area contributed by atoms with Crippen molar-refractivity contribution in [3.8, 4) is 0 Å². The zero-order valence-corrected chi connectivity index (χ0v) is 8.53. The maximum Gasteiger partial charge on any atom is 0.128 e. The Kier molecular flexibility index (Phi) is 4.74. The molecule has 3 N–H and O–H groups in total. The van der Waals surface area contributed by atoms with Crippen LogP contribution in [0.2, 0.25) is 0 Å². The zero-order chi connectivity index (χ0) is 10.6. The molecule has 0 aromatic carbocycles. The predicted octanol–water partition coefficient (Wildman–Crippen LogP) is -0.635. The number of ether oxygens (including phenoxy) is 1. The van der Waals surface area contributed by atoms with Gasteiger partial charge < -0.3 is 15.6 Å². The lowest BCUT2D eigenvalue weighted by Crippen LogP contribution is -2.50. The number of alkyl halides is 1.